The summed E-state index contributed by atoms with van der Waals surface area (Å²) in [6.45, 7) is 6.32. The van der Waals surface area contributed by atoms with Crippen molar-refractivity contribution in [3.63, 3.8) is 0 Å². The van der Waals surface area contributed by atoms with Crippen molar-refractivity contribution in [1.82, 2.24) is 14.5 Å². The van der Waals surface area contributed by atoms with Crippen LogP contribution in [0.25, 0.3) is 0 Å². The van der Waals surface area contributed by atoms with Gasteiger partial charge in [0.2, 0.25) is 15.9 Å². The van der Waals surface area contributed by atoms with Crippen LogP contribution in [0.3, 0.4) is 0 Å². The number of benzene rings is 2. The summed E-state index contributed by atoms with van der Waals surface area (Å²) in [5.41, 5.74) is 0.859. The van der Waals surface area contributed by atoms with E-state index in [-0.39, 0.29) is 4.90 Å². The van der Waals surface area contributed by atoms with Gasteiger partial charge in [0, 0.05) is 18.8 Å². The maximum absolute atomic E-state index is 13.1. The number of anilines is 1. The highest BCUT2D eigenvalue weighted by Crippen LogP contribution is 2.30. The van der Waals surface area contributed by atoms with E-state index in [0.29, 0.717) is 30.3 Å². The second-order valence-electron chi connectivity index (χ2n) is 9.76. The molecule has 0 aromatic heterocycles. The summed E-state index contributed by atoms with van der Waals surface area (Å²) in [6.07, 6.45) is 2.72. The van der Waals surface area contributed by atoms with Crippen molar-refractivity contribution < 1.29 is 22.8 Å². The first-order valence-corrected chi connectivity index (χ1v) is 13.6. The Kier molecular flexibility index (Phi) is 7.19. The molecule has 0 spiro atoms. The van der Waals surface area contributed by atoms with E-state index >= 15 is 0 Å². The van der Waals surface area contributed by atoms with Crippen LogP contribution in [0, 0.1) is 0 Å². The third-order valence-electron chi connectivity index (χ3n) is 6.82. The maximum atomic E-state index is 13.1. The van der Waals surface area contributed by atoms with E-state index in [1.807, 2.05) is 24.3 Å². The minimum Gasteiger partial charge on any atom is -0.325 e. The zero-order chi connectivity index (χ0) is 26.1. The van der Waals surface area contributed by atoms with Gasteiger partial charge in [-0.2, -0.15) is 4.31 Å². The molecule has 2 aliphatic rings. The van der Waals surface area contributed by atoms with E-state index in [0.717, 1.165) is 29.7 Å². The van der Waals surface area contributed by atoms with Crippen LogP contribution in [0.1, 0.15) is 57.1 Å². The van der Waals surface area contributed by atoms with Crippen LogP contribution in [0.15, 0.2) is 53.4 Å². The molecule has 2 aliphatic heterocycles. The lowest BCUT2D eigenvalue weighted by Crippen LogP contribution is -2.42. The minimum atomic E-state index is -3.57. The average molecular weight is 513 g/mol. The first-order chi connectivity index (χ1) is 17.0. The van der Waals surface area contributed by atoms with Crippen LogP contribution in [-0.4, -0.2) is 55.1 Å². The molecular weight excluding hydrogens is 480 g/mol. The van der Waals surface area contributed by atoms with Gasteiger partial charge in [-0.3, -0.25) is 14.5 Å². The van der Waals surface area contributed by atoms with Gasteiger partial charge in [0.25, 0.3) is 5.91 Å². The lowest BCUT2D eigenvalue weighted by Gasteiger charge is -2.25. The van der Waals surface area contributed by atoms with Gasteiger partial charge in [0.05, 0.1) is 4.90 Å². The van der Waals surface area contributed by atoms with Crippen LogP contribution in [0.4, 0.5) is 10.5 Å². The van der Waals surface area contributed by atoms with Gasteiger partial charge in [-0.25, -0.2) is 13.2 Å². The Balaban J connectivity index is 1.41. The lowest BCUT2D eigenvalue weighted by molar-refractivity contribution is -0.133. The van der Waals surface area contributed by atoms with Crippen molar-refractivity contribution in [1.29, 1.82) is 0 Å². The van der Waals surface area contributed by atoms with Crippen molar-refractivity contribution in [3.8, 4) is 0 Å². The Morgan fingerprint density at radius 1 is 1.00 bits per heavy atom. The number of imide groups is 1. The minimum absolute atomic E-state index is 0.163. The van der Waals surface area contributed by atoms with Crippen molar-refractivity contribution in [3.05, 3.63) is 59.7 Å². The molecule has 2 fully saturated rings. The summed E-state index contributed by atoms with van der Waals surface area (Å²) in [5, 5.41) is 5.34. The monoisotopic (exact) mass is 512 g/mol. The predicted molar refractivity (Wildman–Crippen MR) is 136 cm³/mol. The van der Waals surface area contributed by atoms with Crippen LogP contribution in [0.5, 0.6) is 0 Å². The zero-order valence-corrected chi connectivity index (χ0v) is 21.6. The molecule has 0 bridgehead atoms. The normalized spacial score (nSPS) is 21.1. The van der Waals surface area contributed by atoms with Crippen LogP contribution < -0.4 is 10.6 Å². The van der Waals surface area contributed by atoms with Crippen molar-refractivity contribution >= 4 is 33.6 Å². The summed E-state index contributed by atoms with van der Waals surface area (Å²) >= 11 is 0. The first kappa shape index (κ1) is 25.8. The standard InChI is InChI=1S/C26H32N4O5S/c1-18(2)19-7-9-20(10-8-19)26(3)24(32)30(25(33)28-26)17-23(31)27-21-11-13-22(14-12-21)36(34,35)29-15-5-4-6-16-29/h7-14,18H,4-6,15-17H2,1-3H3,(H,27,31)(H,28,33)/t26-/m0/s1. The van der Waals surface area contributed by atoms with Gasteiger partial charge in [-0.1, -0.05) is 44.5 Å². The molecule has 0 aliphatic carbocycles. The molecule has 0 unspecified atom stereocenters. The van der Waals surface area contributed by atoms with E-state index in [1.165, 1.54) is 28.6 Å². The lowest BCUT2D eigenvalue weighted by atomic mass is 9.90. The third kappa shape index (κ3) is 5.01. The molecule has 192 valence electrons. The number of piperidine rings is 1. The summed E-state index contributed by atoms with van der Waals surface area (Å²) in [6, 6.07) is 12.7. The molecule has 2 aromatic rings. The van der Waals surface area contributed by atoms with E-state index in [9.17, 15) is 22.8 Å². The molecule has 2 heterocycles. The van der Waals surface area contributed by atoms with Crippen molar-refractivity contribution in [2.45, 2.75) is 56.4 Å². The Hall–Kier alpha value is -3.24. The Morgan fingerprint density at radius 3 is 2.19 bits per heavy atom. The smallest absolute Gasteiger partial charge is 0.325 e. The molecule has 2 saturated heterocycles. The highest BCUT2D eigenvalue weighted by molar-refractivity contribution is 7.89. The van der Waals surface area contributed by atoms with Crippen LogP contribution in [0.2, 0.25) is 0 Å². The van der Waals surface area contributed by atoms with Gasteiger partial charge in [0.1, 0.15) is 12.1 Å². The fraction of sp³-hybridized carbons (Fsp3) is 0.423. The van der Waals surface area contributed by atoms with E-state index in [4.69, 9.17) is 0 Å². The summed E-state index contributed by atoms with van der Waals surface area (Å²) in [4.78, 5) is 39.4. The van der Waals surface area contributed by atoms with Crippen molar-refractivity contribution in [2.75, 3.05) is 25.0 Å². The van der Waals surface area contributed by atoms with Gasteiger partial charge in [0.15, 0.2) is 0 Å². The first-order valence-electron chi connectivity index (χ1n) is 12.2. The molecule has 36 heavy (non-hydrogen) atoms. The average Bonchev–Trinajstić information content (AvgIpc) is 3.08. The van der Waals surface area contributed by atoms with Crippen molar-refractivity contribution in [2.24, 2.45) is 0 Å². The third-order valence-corrected chi connectivity index (χ3v) is 8.74. The summed E-state index contributed by atoms with van der Waals surface area (Å²) in [5.74, 6) is -0.743. The summed E-state index contributed by atoms with van der Waals surface area (Å²) < 4.78 is 27.1. The topological polar surface area (TPSA) is 116 Å². The van der Waals surface area contributed by atoms with E-state index in [1.54, 1.807) is 6.92 Å². The zero-order valence-electron chi connectivity index (χ0n) is 20.8. The predicted octanol–water partition coefficient (Wildman–Crippen LogP) is 3.39. The molecule has 4 amide bonds. The maximum Gasteiger partial charge on any atom is 0.325 e. The number of rotatable bonds is 7. The van der Waals surface area contributed by atoms with E-state index < -0.39 is 40.0 Å². The number of hydrogen-bond acceptors (Lipinski definition) is 5. The van der Waals surface area contributed by atoms with Gasteiger partial charge in [-0.05, 0) is 61.1 Å². The molecule has 10 heteroatoms. The molecule has 0 radical (unpaired) electrons. The quantitative estimate of drug-likeness (QED) is 0.552. The number of nitrogens with zero attached hydrogens (tertiary/aromatic N) is 2. The molecule has 0 saturated carbocycles. The SMILES string of the molecule is CC(C)c1ccc([C@]2(C)NC(=O)N(CC(=O)Nc3ccc(S(=O)(=O)N4CCCCC4)cc3)C2=O)cc1. The molecule has 1 atom stereocenters. The number of carbonyl (C=O) groups is 3. The Bertz CT molecular complexity index is 1250. The number of nitrogens with one attached hydrogen (secondary N) is 2. The van der Waals surface area contributed by atoms with Gasteiger partial charge >= 0.3 is 6.03 Å². The highest BCUT2D eigenvalue weighted by atomic mass is 32.2. The molecule has 4 rings (SSSR count). The number of sulfonamides is 1. The largest absolute Gasteiger partial charge is 0.325 e. The van der Waals surface area contributed by atoms with E-state index in [2.05, 4.69) is 24.5 Å². The highest BCUT2D eigenvalue weighted by Gasteiger charge is 2.49. The number of hydrogen-bond donors (Lipinski definition) is 2. The number of carbonyl (C=O) groups excluding carboxylic acids is 3. The fourth-order valence-electron chi connectivity index (χ4n) is 4.55. The Morgan fingerprint density at radius 2 is 1.61 bits per heavy atom. The molecule has 9 nitrogen and oxygen atoms in total. The fourth-order valence-corrected chi connectivity index (χ4v) is 6.06. The number of amides is 4. The van der Waals surface area contributed by atoms with Gasteiger partial charge < -0.3 is 10.6 Å². The second kappa shape index (κ2) is 10.0. The van der Waals surface area contributed by atoms with Crippen LogP contribution in [-0.2, 0) is 25.2 Å². The molecular formula is C26H32N4O5S. The molecule has 2 aromatic carbocycles. The Labute approximate surface area is 211 Å². The summed E-state index contributed by atoms with van der Waals surface area (Å²) in [7, 11) is -3.57. The number of urea groups is 1. The molecule has 2 N–H and O–H groups in total. The van der Waals surface area contributed by atoms with Gasteiger partial charge in [-0.15, -0.1) is 0 Å². The van der Waals surface area contributed by atoms with Crippen LogP contribution >= 0.6 is 0 Å². The second-order valence-corrected chi connectivity index (χ2v) is 11.7.